The Morgan fingerprint density at radius 3 is 3.16 bits per heavy atom. The van der Waals surface area contributed by atoms with Crippen LogP contribution in [0, 0.1) is 0 Å². The van der Waals surface area contributed by atoms with Gasteiger partial charge in [0, 0.05) is 13.0 Å². The van der Waals surface area contributed by atoms with Gasteiger partial charge in [0.15, 0.2) is 5.82 Å². The maximum Gasteiger partial charge on any atom is 0.246 e. The summed E-state index contributed by atoms with van der Waals surface area (Å²) in [6, 6.07) is 6.07. The van der Waals surface area contributed by atoms with Crippen molar-refractivity contribution in [1.82, 2.24) is 10.1 Å². The molecular weight excluding hydrogens is 240 g/mol. The molecule has 0 saturated heterocycles. The summed E-state index contributed by atoms with van der Waals surface area (Å²) in [6.45, 7) is 3.69. The summed E-state index contributed by atoms with van der Waals surface area (Å²) in [6.07, 6.45) is 2.91. The van der Waals surface area contributed by atoms with Gasteiger partial charge >= 0.3 is 0 Å². The fourth-order valence-electron chi connectivity index (χ4n) is 2.57. The van der Waals surface area contributed by atoms with Gasteiger partial charge in [-0.1, -0.05) is 24.2 Å². The smallest absolute Gasteiger partial charge is 0.246 e. The number of hydrogen-bond donors (Lipinski definition) is 1. The second-order valence-electron chi connectivity index (χ2n) is 4.88. The zero-order valence-electron chi connectivity index (χ0n) is 11.1. The van der Waals surface area contributed by atoms with Crippen LogP contribution in [0.1, 0.15) is 30.6 Å². The van der Waals surface area contributed by atoms with Crippen molar-refractivity contribution in [1.29, 1.82) is 0 Å². The molecule has 0 spiro atoms. The van der Waals surface area contributed by atoms with E-state index in [2.05, 4.69) is 28.0 Å². The molecule has 0 saturated carbocycles. The number of nitrogens with zero attached hydrogens (tertiary/aromatic N) is 3. The monoisotopic (exact) mass is 258 g/mol. The molecule has 0 amide bonds. The third-order valence-corrected chi connectivity index (χ3v) is 3.43. The SMILES string of the molecule is CCCc1noc(CN2CCc3cccc(N)c32)n1. The normalized spacial score (nSPS) is 13.8. The van der Waals surface area contributed by atoms with Crippen molar-refractivity contribution < 1.29 is 4.52 Å². The molecular formula is C14H18N4O. The molecule has 2 N–H and O–H groups in total. The highest BCUT2D eigenvalue weighted by atomic mass is 16.5. The Hall–Kier alpha value is -2.04. The van der Waals surface area contributed by atoms with Crippen molar-refractivity contribution in [2.24, 2.45) is 0 Å². The van der Waals surface area contributed by atoms with Gasteiger partial charge in [-0.05, 0) is 24.5 Å². The quantitative estimate of drug-likeness (QED) is 0.851. The van der Waals surface area contributed by atoms with E-state index >= 15 is 0 Å². The molecule has 2 heterocycles. The van der Waals surface area contributed by atoms with Gasteiger partial charge in [-0.2, -0.15) is 4.98 Å². The van der Waals surface area contributed by atoms with Gasteiger partial charge < -0.3 is 15.2 Å². The Bertz CT molecular complexity index is 579. The molecule has 0 bridgehead atoms. The van der Waals surface area contributed by atoms with Crippen molar-refractivity contribution >= 4 is 11.4 Å². The van der Waals surface area contributed by atoms with E-state index < -0.39 is 0 Å². The van der Waals surface area contributed by atoms with Gasteiger partial charge in [0.2, 0.25) is 5.89 Å². The highest BCUT2D eigenvalue weighted by Crippen LogP contribution is 2.34. The standard InChI is InChI=1S/C14H18N4O/c1-2-4-12-16-13(19-17-12)9-18-8-7-10-5-3-6-11(15)14(10)18/h3,5-6H,2,4,7-9,15H2,1H3. The first kappa shape index (κ1) is 12.0. The lowest BCUT2D eigenvalue weighted by atomic mass is 10.1. The fourth-order valence-corrected chi connectivity index (χ4v) is 2.57. The second kappa shape index (κ2) is 4.91. The lowest BCUT2D eigenvalue weighted by Gasteiger charge is -2.18. The highest BCUT2D eigenvalue weighted by molar-refractivity contribution is 5.73. The first-order chi connectivity index (χ1) is 9.28. The van der Waals surface area contributed by atoms with Crippen LogP contribution >= 0.6 is 0 Å². The minimum Gasteiger partial charge on any atom is -0.397 e. The number of aromatic nitrogens is 2. The van der Waals surface area contributed by atoms with Crippen LogP contribution < -0.4 is 10.6 Å². The molecule has 1 aliphatic heterocycles. The van der Waals surface area contributed by atoms with E-state index in [0.29, 0.717) is 12.4 Å². The van der Waals surface area contributed by atoms with Crippen molar-refractivity contribution in [2.45, 2.75) is 32.7 Å². The maximum absolute atomic E-state index is 6.06. The third-order valence-electron chi connectivity index (χ3n) is 3.43. The number of fused-ring (bicyclic) bond motifs is 1. The zero-order chi connectivity index (χ0) is 13.2. The van der Waals surface area contributed by atoms with Crippen LogP contribution in [0.3, 0.4) is 0 Å². The van der Waals surface area contributed by atoms with Gasteiger partial charge in [-0.25, -0.2) is 0 Å². The molecule has 0 unspecified atom stereocenters. The van der Waals surface area contributed by atoms with E-state index in [4.69, 9.17) is 10.3 Å². The topological polar surface area (TPSA) is 68.2 Å². The summed E-state index contributed by atoms with van der Waals surface area (Å²) in [5, 5.41) is 3.98. The number of nitrogens with two attached hydrogens (primary N) is 1. The Labute approximate surface area is 112 Å². The number of benzene rings is 1. The number of aryl methyl sites for hydroxylation is 1. The predicted molar refractivity (Wildman–Crippen MR) is 73.9 cm³/mol. The van der Waals surface area contributed by atoms with E-state index in [1.54, 1.807) is 0 Å². The van der Waals surface area contributed by atoms with Crippen LogP contribution in [0.4, 0.5) is 11.4 Å². The molecule has 100 valence electrons. The van der Waals surface area contributed by atoms with Crippen LogP contribution in [0.15, 0.2) is 22.7 Å². The average molecular weight is 258 g/mol. The van der Waals surface area contributed by atoms with E-state index in [0.717, 1.165) is 43.0 Å². The number of nitrogen functional groups attached to an aromatic ring is 1. The second-order valence-corrected chi connectivity index (χ2v) is 4.88. The Balaban J connectivity index is 1.78. The fraction of sp³-hybridized carbons (Fsp3) is 0.429. The van der Waals surface area contributed by atoms with Gasteiger partial charge in [0.1, 0.15) is 0 Å². The summed E-state index contributed by atoms with van der Waals surface area (Å²) in [4.78, 5) is 6.62. The molecule has 5 nitrogen and oxygen atoms in total. The minimum absolute atomic E-state index is 0.637. The van der Waals surface area contributed by atoms with E-state index in [9.17, 15) is 0 Å². The lowest BCUT2D eigenvalue weighted by Crippen LogP contribution is -2.20. The van der Waals surface area contributed by atoms with Crippen LogP contribution in [0.5, 0.6) is 0 Å². The van der Waals surface area contributed by atoms with Crippen LogP contribution in [0.25, 0.3) is 0 Å². The van der Waals surface area contributed by atoms with Crippen LogP contribution in [-0.4, -0.2) is 16.7 Å². The minimum atomic E-state index is 0.637. The molecule has 0 atom stereocenters. The Kier molecular flexibility index (Phi) is 3.11. The molecule has 1 aliphatic rings. The molecule has 0 radical (unpaired) electrons. The summed E-state index contributed by atoms with van der Waals surface area (Å²) < 4.78 is 5.29. The van der Waals surface area contributed by atoms with Crippen molar-refractivity contribution in [2.75, 3.05) is 17.2 Å². The molecule has 1 aromatic carbocycles. The Morgan fingerprint density at radius 2 is 2.32 bits per heavy atom. The number of anilines is 2. The van der Waals surface area contributed by atoms with Gasteiger partial charge in [0.25, 0.3) is 0 Å². The molecule has 19 heavy (non-hydrogen) atoms. The van der Waals surface area contributed by atoms with Crippen molar-refractivity contribution in [3.05, 3.63) is 35.5 Å². The van der Waals surface area contributed by atoms with Gasteiger partial charge in [-0.15, -0.1) is 0 Å². The first-order valence-corrected chi connectivity index (χ1v) is 6.71. The van der Waals surface area contributed by atoms with E-state index in [-0.39, 0.29) is 0 Å². The molecule has 5 heteroatoms. The molecule has 0 fully saturated rings. The van der Waals surface area contributed by atoms with Crippen molar-refractivity contribution in [3.8, 4) is 0 Å². The number of para-hydroxylation sites is 1. The Morgan fingerprint density at radius 1 is 1.42 bits per heavy atom. The largest absolute Gasteiger partial charge is 0.397 e. The average Bonchev–Trinajstić information content (AvgIpc) is 2.99. The summed E-state index contributed by atoms with van der Waals surface area (Å²) in [5.74, 6) is 1.46. The molecule has 3 rings (SSSR count). The summed E-state index contributed by atoms with van der Waals surface area (Å²) in [5.41, 5.74) is 9.31. The molecule has 0 aliphatic carbocycles. The van der Waals surface area contributed by atoms with Crippen molar-refractivity contribution in [3.63, 3.8) is 0 Å². The number of hydrogen-bond acceptors (Lipinski definition) is 5. The summed E-state index contributed by atoms with van der Waals surface area (Å²) in [7, 11) is 0. The van der Waals surface area contributed by atoms with Gasteiger partial charge in [-0.3, -0.25) is 0 Å². The highest BCUT2D eigenvalue weighted by Gasteiger charge is 2.23. The van der Waals surface area contributed by atoms with E-state index in [1.165, 1.54) is 5.56 Å². The molecule has 1 aromatic heterocycles. The van der Waals surface area contributed by atoms with Gasteiger partial charge in [0.05, 0.1) is 17.9 Å². The third kappa shape index (κ3) is 2.28. The lowest BCUT2D eigenvalue weighted by molar-refractivity contribution is 0.371. The zero-order valence-corrected chi connectivity index (χ0v) is 11.1. The summed E-state index contributed by atoms with van der Waals surface area (Å²) >= 11 is 0. The molecule has 2 aromatic rings. The predicted octanol–water partition coefficient (Wildman–Crippen LogP) is 2.17. The van der Waals surface area contributed by atoms with Crippen LogP contribution in [0.2, 0.25) is 0 Å². The first-order valence-electron chi connectivity index (χ1n) is 6.71. The number of rotatable bonds is 4. The van der Waals surface area contributed by atoms with E-state index in [1.807, 2.05) is 12.1 Å². The maximum atomic E-state index is 6.06. The van der Waals surface area contributed by atoms with Crippen LogP contribution in [-0.2, 0) is 19.4 Å².